The predicted molar refractivity (Wildman–Crippen MR) is 114 cm³/mol. The highest BCUT2D eigenvalue weighted by atomic mass is 16.5. The third-order valence-electron chi connectivity index (χ3n) is 4.37. The van der Waals surface area contributed by atoms with Crippen LogP contribution in [0, 0.1) is 0 Å². The van der Waals surface area contributed by atoms with Crippen molar-refractivity contribution in [1.82, 2.24) is 10.3 Å². The van der Waals surface area contributed by atoms with Crippen molar-refractivity contribution in [2.24, 2.45) is 0 Å². The smallest absolute Gasteiger partial charge is 0.253 e. The summed E-state index contributed by atoms with van der Waals surface area (Å²) < 4.78 is 10.7. The van der Waals surface area contributed by atoms with Crippen LogP contribution in [0.1, 0.15) is 22.8 Å². The van der Waals surface area contributed by atoms with Gasteiger partial charge >= 0.3 is 0 Å². The molecule has 0 fully saturated rings. The lowest BCUT2D eigenvalue weighted by Gasteiger charge is -2.10. The van der Waals surface area contributed by atoms with E-state index in [1.165, 1.54) is 5.56 Å². The molecule has 3 rings (SSSR count). The topological polar surface area (TPSA) is 72.5 Å². The minimum absolute atomic E-state index is 0.194. The summed E-state index contributed by atoms with van der Waals surface area (Å²) in [6.07, 6.45) is 4.24. The molecule has 0 spiro atoms. The van der Waals surface area contributed by atoms with Gasteiger partial charge in [-0.05, 0) is 54.4 Å². The van der Waals surface area contributed by atoms with Crippen molar-refractivity contribution in [3.8, 4) is 11.5 Å². The summed E-state index contributed by atoms with van der Waals surface area (Å²) in [5.41, 5.74) is 3.48. The molecule has 0 saturated carbocycles. The third kappa shape index (κ3) is 5.97. The number of rotatable bonds is 9. The largest absolute Gasteiger partial charge is 0.497 e. The molecule has 0 atom stereocenters. The highest BCUT2D eigenvalue weighted by Crippen LogP contribution is 2.18. The molecule has 6 nitrogen and oxygen atoms in total. The average molecular weight is 391 g/mol. The van der Waals surface area contributed by atoms with Crippen LogP contribution in [0.25, 0.3) is 0 Å². The van der Waals surface area contributed by atoms with Crippen LogP contribution in [0.3, 0.4) is 0 Å². The number of aryl methyl sites for hydroxylation is 1. The third-order valence-corrected chi connectivity index (χ3v) is 4.37. The lowest BCUT2D eigenvalue weighted by atomic mass is 10.1. The van der Waals surface area contributed by atoms with Gasteiger partial charge in [-0.1, -0.05) is 19.1 Å². The van der Waals surface area contributed by atoms with E-state index in [2.05, 4.69) is 34.7 Å². The van der Waals surface area contributed by atoms with E-state index >= 15 is 0 Å². The van der Waals surface area contributed by atoms with E-state index in [4.69, 9.17) is 9.47 Å². The minimum atomic E-state index is -0.194. The molecule has 0 aliphatic rings. The number of benzene rings is 2. The monoisotopic (exact) mass is 391 g/mol. The Balaban J connectivity index is 1.49. The zero-order valence-corrected chi connectivity index (χ0v) is 16.6. The summed E-state index contributed by atoms with van der Waals surface area (Å²) in [6, 6.07) is 17.3. The first-order chi connectivity index (χ1) is 14.2. The van der Waals surface area contributed by atoms with Gasteiger partial charge < -0.3 is 20.1 Å². The summed E-state index contributed by atoms with van der Waals surface area (Å²) in [4.78, 5) is 16.5. The summed E-state index contributed by atoms with van der Waals surface area (Å²) in [5.74, 6) is 1.30. The van der Waals surface area contributed by atoms with E-state index in [9.17, 15) is 4.79 Å². The molecule has 29 heavy (non-hydrogen) atoms. The second-order valence-electron chi connectivity index (χ2n) is 6.42. The SMILES string of the molecule is CCc1ccc(Nc2cncc(C(=O)NCCOc3ccc(OC)cc3)c2)cc1. The highest BCUT2D eigenvalue weighted by molar-refractivity contribution is 5.94. The molecule has 2 N–H and O–H groups in total. The van der Waals surface area contributed by atoms with Crippen LogP contribution in [0.4, 0.5) is 11.4 Å². The van der Waals surface area contributed by atoms with Crippen LogP contribution < -0.4 is 20.1 Å². The summed E-state index contributed by atoms with van der Waals surface area (Å²) in [7, 11) is 1.62. The standard InChI is InChI=1S/C23H25N3O3/c1-3-17-4-6-19(7-5-17)26-20-14-18(15-24-16-20)23(27)25-12-13-29-22-10-8-21(28-2)9-11-22/h4-11,14-16,26H,3,12-13H2,1-2H3,(H,25,27). The Kier molecular flexibility index (Phi) is 7.05. The molecule has 0 aliphatic carbocycles. The first-order valence-corrected chi connectivity index (χ1v) is 9.54. The van der Waals surface area contributed by atoms with Crippen LogP contribution in [0.15, 0.2) is 67.0 Å². The average Bonchev–Trinajstić information content (AvgIpc) is 2.77. The van der Waals surface area contributed by atoms with Crippen LogP contribution >= 0.6 is 0 Å². The number of hydrogen-bond donors (Lipinski definition) is 2. The van der Waals surface area contributed by atoms with Crippen molar-refractivity contribution in [2.45, 2.75) is 13.3 Å². The Morgan fingerprint density at radius 3 is 2.38 bits per heavy atom. The maximum absolute atomic E-state index is 12.4. The second-order valence-corrected chi connectivity index (χ2v) is 6.42. The first kappa shape index (κ1) is 20.2. The van der Waals surface area contributed by atoms with Gasteiger partial charge in [-0.3, -0.25) is 9.78 Å². The van der Waals surface area contributed by atoms with Crippen LogP contribution in [0.5, 0.6) is 11.5 Å². The van der Waals surface area contributed by atoms with Gasteiger partial charge in [0, 0.05) is 11.9 Å². The van der Waals surface area contributed by atoms with Crippen molar-refractivity contribution in [3.63, 3.8) is 0 Å². The fraction of sp³-hybridized carbons (Fsp3) is 0.217. The number of methoxy groups -OCH3 is 1. The fourth-order valence-corrected chi connectivity index (χ4v) is 2.73. The van der Waals surface area contributed by atoms with Gasteiger partial charge in [-0.25, -0.2) is 0 Å². The highest BCUT2D eigenvalue weighted by Gasteiger charge is 2.07. The Morgan fingerprint density at radius 2 is 1.69 bits per heavy atom. The number of pyridine rings is 1. The Hall–Kier alpha value is -3.54. The maximum Gasteiger partial charge on any atom is 0.253 e. The summed E-state index contributed by atoms with van der Waals surface area (Å²) >= 11 is 0. The van der Waals surface area contributed by atoms with E-state index < -0.39 is 0 Å². The second kappa shape index (κ2) is 10.1. The number of ether oxygens (including phenoxy) is 2. The lowest BCUT2D eigenvalue weighted by Crippen LogP contribution is -2.28. The minimum Gasteiger partial charge on any atom is -0.497 e. The lowest BCUT2D eigenvalue weighted by molar-refractivity contribution is 0.0946. The number of hydrogen-bond acceptors (Lipinski definition) is 5. The number of carbonyl (C=O) groups excluding carboxylic acids is 1. The van der Waals surface area contributed by atoms with Crippen molar-refractivity contribution in [3.05, 3.63) is 78.1 Å². The van der Waals surface area contributed by atoms with Gasteiger partial charge in [0.25, 0.3) is 5.91 Å². The molecule has 1 amide bonds. The van der Waals surface area contributed by atoms with E-state index in [1.807, 2.05) is 36.4 Å². The number of amides is 1. The van der Waals surface area contributed by atoms with Crippen molar-refractivity contribution < 1.29 is 14.3 Å². The van der Waals surface area contributed by atoms with E-state index in [0.717, 1.165) is 29.3 Å². The molecule has 3 aromatic rings. The van der Waals surface area contributed by atoms with Crippen molar-refractivity contribution in [2.75, 3.05) is 25.6 Å². The van der Waals surface area contributed by atoms with E-state index in [0.29, 0.717) is 18.7 Å². The first-order valence-electron chi connectivity index (χ1n) is 9.54. The molecule has 0 unspecified atom stereocenters. The Bertz CT molecular complexity index is 925. The molecular weight excluding hydrogens is 366 g/mol. The quantitative estimate of drug-likeness (QED) is 0.535. The number of carbonyl (C=O) groups is 1. The summed E-state index contributed by atoms with van der Waals surface area (Å²) in [5, 5.41) is 6.11. The van der Waals surface area contributed by atoms with Gasteiger partial charge in [0.05, 0.1) is 31.1 Å². The van der Waals surface area contributed by atoms with Crippen LogP contribution in [-0.2, 0) is 6.42 Å². The van der Waals surface area contributed by atoms with Gasteiger partial charge in [0.1, 0.15) is 18.1 Å². The molecule has 6 heteroatoms. The zero-order chi connectivity index (χ0) is 20.5. The molecule has 0 saturated heterocycles. The molecule has 1 heterocycles. The Morgan fingerprint density at radius 1 is 0.966 bits per heavy atom. The zero-order valence-electron chi connectivity index (χ0n) is 16.6. The summed E-state index contributed by atoms with van der Waals surface area (Å²) in [6.45, 7) is 2.88. The molecule has 2 aromatic carbocycles. The van der Waals surface area contributed by atoms with Gasteiger partial charge in [0.2, 0.25) is 0 Å². The van der Waals surface area contributed by atoms with Crippen molar-refractivity contribution in [1.29, 1.82) is 0 Å². The van der Waals surface area contributed by atoms with E-state index in [1.54, 1.807) is 25.6 Å². The molecule has 150 valence electrons. The number of anilines is 2. The van der Waals surface area contributed by atoms with Crippen LogP contribution in [0.2, 0.25) is 0 Å². The maximum atomic E-state index is 12.4. The predicted octanol–water partition coefficient (Wildman–Crippen LogP) is 4.21. The number of nitrogens with one attached hydrogen (secondary N) is 2. The number of aromatic nitrogens is 1. The molecule has 0 aliphatic heterocycles. The van der Waals surface area contributed by atoms with E-state index in [-0.39, 0.29) is 5.91 Å². The fourth-order valence-electron chi connectivity index (χ4n) is 2.73. The molecule has 0 bridgehead atoms. The van der Waals surface area contributed by atoms with Gasteiger partial charge in [-0.15, -0.1) is 0 Å². The normalized spacial score (nSPS) is 10.3. The number of nitrogens with zero attached hydrogens (tertiary/aromatic N) is 1. The molecule has 0 radical (unpaired) electrons. The van der Waals surface area contributed by atoms with Crippen molar-refractivity contribution >= 4 is 17.3 Å². The molecular formula is C23H25N3O3. The molecule has 1 aromatic heterocycles. The van der Waals surface area contributed by atoms with Gasteiger partial charge in [-0.2, -0.15) is 0 Å². The van der Waals surface area contributed by atoms with Crippen LogP contribution in [-0.4, -0.2) is 31.2 Å². The van der Waals surface area contributed by atoms with Gasteiger partial charge in [0.15, 0.2) is 0 Å². The Labute approximate surface area is 170 Å².